The minimum absolute atomic E-state index is 0.00957. The number of carbonyl (C=O) groups is 1. The fourth-order valence-corrected chi connectivity index (χ4v) is 4.00. The topological polar surface area (TPSA) is 97.9 Å². The minimum Gasteiger partial charge on any atom is -0.366 e. The van der Waals surface area contributed by atoms with Crippen molar-refractivity contribution in [3.05, 3.63) is 111 Å². The van der Waals surface area contributed by atoms with E-state index in [0.717, 1.165) is 21.4 Å². The molecule has 0 bridgehead atoms. The number of nitrogens with one attached hydrogen (secondary N) is 1. The minimum atomic E-state index is -0.709. The summed E-state index contributed by atoms with van der Waals surface area (Å²) in [6.45, 7) is 0. The van der Waals surface area contributed by atoms with Gasteiger partial charge < -0.3 is 10.7 Å². The fraction of sp³-hybridized carbons (Fsp3) is 0. The number of halogens is 1. The van der Waals surface area contributed by atoms with Gasteiger partial charge in [-0.05, 0) is 35.2 Å². The molecule has 0 unspecified atom stereocenters. The van der Waals surface area contributed by atoms with Crippen LogP contribution in [0.25, 0.3) is 38.5 Å². The van der Waals surface area contributed by atoms with Crippen LogP contribution >= 0.6 is 0 Å². The van der Waals surface area contributed by atoms with Crippen molar-refractivity contribution in [3.63, 3.8) is 0 Å². The lowest BCUT2D eigenvalue weighted by Gasteiger charge is -2.12. The third-order valence-corrected chi connectivity index (χ3v) is 5.48. The first-order valence-corrected chi connectivity index (χ1v) is 9.81. The Hall–Kier alpha value is -4.52. The normalized spacial score (nSPS) is 11.2. The van der Waals surface area contributed by atoms with Crippen molar-refractivity contribution in [3.8, 4) is 16.8 Å². The van der Waals surface area contributed by atoms with E-state index in [0.29, 0.717) is 5.69 Å². The van der Waals surface area contributed by atoms with Crippen molar-refractivity contribution in [1.29, 1.82) is 0 Å². The molecule has 1 amide bonds. The number of aromatic nitrogens is 2. The summed E-state index contributed by atoms with van der Waals surface area (Å²) in [6, 6.07) is 21.4. The molecule has 1 heterocycles. The summed E-state index contributed by atoms with van der Waals surface area (Å²) in [7, 11) is 0. The van der Waals surface area contributed by atoms with Crippen LogP contribution in [0.2, 0.25) is 0 Å². The van der Waals surface area contributed by atoms with Crippen molar-refractivity contribution in [1.82, 2.24) is 9.55 Å². The zero-order valence-electron chi connectivity index (χ0n) is 16.6. The Labute approximate surface area is 180 Å². The monoisotopic (exact) mass is 425 g/mol. The summed E-state index contributed by atoms with van der Waals surface area (Å²) in [4.78, 5) is 40.7. The number of benzene rings is 4. The summed E-state index contributed by atoms with van der Waals surface area (Å²) in [5, 5.41) is 1.59. The Morgan fingerprint density at radius 2 is 1.56 bits per heavy atom. The van der Waals surface area contributed by atoms with E-state index in [-0.39, 0.29) is 27.6 Å². The van der Waals surface area contributed by atoms with Gasteiger partial charge in [0.2, 0.25) is 5.91 Å². The predicted octanol–water partition coefficient (Wildman–Crippen LogP) is 3.74. The van der Waals surface area contributed by atoms with Crippen LogP contribution in [0, 0.1) is 5.82 Å². The van der Waals surface area contributed by atoms with Gasteiger partial charge in [-0.2, -0.15) is 0 Å². The van der Waals surface area contributed by atoms with E-state index < -0.39 is 23.0 Å². The SMILES string of the molecule is NC(=O)c1ccccc1-c1cc2[nH]c(=O)n(-c3cccc4ccccc34)c(=O)c2cc1F. The number of aromatic amines is 1. The maximum atomic E-state index is 15.1. The van der Waals surface area contributed by atoms with E-state index in [1.807, 2.05) is 30.3 Å². The average Bonchev–Trinajstić information content (AvgIpc) is 2.79. The summed E-state index contributed by atoms with van der Waals surface area (Å²) < 4.78 is 16.1. The first-order valence-electron chi connectivity index (χ1n) is 9.81. The van der Waals surface area contributed by atoms with Gasteiger partial charge in [-0.15, -0.1) is 0 Å². The zero-order valence-corrected chi connectivity index (χ0v) is 16.6. The van der Waals surface area contributed by atoms with Gasteiger partial charge in [0.1, 0.15) is 5.82 Å². The highest BCUT2D eigenvalue weighted by Gasteiger charge is 2.18. The molecule has 1 aromatic heterocycles. The Kier molecular flexibility index (Phi) is 4.44. The van der Waals surface area contributed by atoms with Crippen molar-refractivity contribution < 1.29 is 9.18 Å². The molecule has 6 nitrogen and oxygen atoms in total. The molecule has 4 aromatic carbocycles. The lowest BCUT2D eigenvalue weighted by Crippen LogP contribution is -2.33. The van der Waals surface area contributed by atoms with Crippen molar-refractivity contribution in [2.45, 2.75) is 0 Å². The van der Waals surface area contributed by atoms with Crippen LogP contribution in [-0.4, -0.2) is 15.5 Å². The highest BCUT2D eigenvalue weighted by atomic mass is 19.1. The molecule has 5 aromatic rings. The van der Waals surface area contributed by atoms with Crippen molar-refractivity contribution >= 4 is 27.6 Å². The third-order valence-electron chi connectivity index (χ3n) is 5.48. The number of carbonyl (C=O) groups excluding carboxylic acids is 1. The second-order valence-electron chi connectivity index (χ2n) is 7.36. The number of nitrogens with zero attached hydrogens (tertiary/aromatic N) is 1. The highest BCUT2D eigenvalue weighted by Crippen LogP contribution is 2.29. The van der Waals surface area contributed by atoms with E-state index in [2.05, 4.69) is 4.98 Å². The van der Waals surface area contributed by atoms with Crippen LogP contribution < -0.4 is 17.0 Å². The highest BCUT2D eigenvalue weighted by molar-refractivity contribution is 6.01. The Morgan fingerprint density at radius 1 is 0.844 bits per heavy atom. The van der Waals surface area contributed by atoms with Crippen LogP contribution in [0.5, 0.6) is 0 Å². The smallest absolute Gasteiger partial charge is 0.333 e. The van der Waals surface area contributed by atoms with Gasteiger partial charge in [-0.1, -0.05) is 54.6 Å². The lowest BCUT2D eigenvalue weighted by molar-refractivity contribution is 0.100. The molecule has 5 rings (SSSR count). The first kappa shape index (κ1) is 19.4. The maximum absolute atomic E-state index is 15.1. The predicted molar refractivity (Wildman–Crippen MR) is 122 cm³/mol. The molecule has 156 valence electrons. The number of rotatable bonds is 3. The van der Waals surface area contributed by atoms with Gasteiger partial charge in [0.15, 0.2) is 0 Å². The van der Waals surface area contributed by atoms with E-state index in [4.69, 9.17) is 5.73 Å². The Morgan fingerprint density at radius 3 is 2.38 bits per heavy atom. The molecule has 0 saturated heterocycles. The fourth-order valence-electron chi connectivity index (χ4n) is 4.00. The average molecular weight is 425 g/mol. The molecular formula is C25H16FN3O3. The quantitative estimate of drug-likeness (QED) is 0.461. The lowest BCUT2D eigenvalue weighted by atomic mass is 9.97. The molecule has 0 aliphatic heterocycles. The van der Waals surface area contributed by atoms with Gasteiger partial charge in [-0.25, -0.2) is 13.8 Å². The van der Waals surface area contributed by atoms with Gasteiger partial charge in [0, 0.05) is 16.5 Å². The van der Waals surface area contributed by atoms with Crippen molar-refractivity contribution in [2.75, 3.05) is 0 Å². The van der Waals surface area contributed by atoms with Gasteiger partial charge in [0.05, 0.1) is 16.6 Å². The molecule has 7 heteroatoms. The molecule has 3 N–H and O–H groups in total. The largest absolute Gasteiger partial charge is 0.366 e. The summed E-state index contributed by atoms with van der Waals surface area (Å²) in [5.41, 5.74) is 5.16. The number of fused-ring (bicyclic) bond motifs is 2. The third kappa shape index (κ3) is 2.99. The van der Waals surface area contributed by atoms with Crippen LogP contribution in [0.1, 0.15) is 10.4 Å². The van der Waals surface area contributed by atoms with Crippen LogP contribution in [-0.2, 0) is 0 Å². The summed E-state index contributed by atoms with van der Waals surface area (Å²) in [5.74, 6) is -1.42. The molecule has 0 aliphatic rings. The summed E-state index contributed by atoms with van der Waals surface area (Å²) >= 11 is 0. The molecule has 32 heavy (non-hydrogen) atoms. The van der Waals surface area contributed by atoms with E-state index in [1.165, 1.54) is 12.1 Å². The van der Waals surface area contributed by atoms with Gasteiger partial charge in [0.25, 0.3) is 5.56 Å². The molecule has 0 atom stereocenters. The van der Waals surface area contributed by atoms with E-state index >= 15 is 4.39 Å². The van der Waals surface area contributed by atoms with Crippen molar-refractivity contribution in [2.24, 2.45) is 5.73 Å². The second kappa shape index (κ2) is 7.31. The molecule has 0 fully saturated rings. The van der Waals surface area contributed by atoms with Gasteiger partial charge >= 0.3 is 5.69 Å². The number of amides is 1. The zero-order chi connectivity index (χ0) is 22.4. The molecule has 0 radical (unpaired) electrons. The maximum Gasteiger partial charge on any atom is 0.333 e. The van der Waals surface area contributed by atoms with Gasteiger partial charge in [-0.3, -0.25) is 9.59 Å². The molecular weight excluding hydrogens is 409 g/mol. The second-order valence-corrected chi connectivity index (χ2v) is 7.36. The number of H-pyrrole nitrogens is 1. The molecule has 0 spiro atoms. The first-order chi connectivity index (χ1) is 15.5. The standard InChI is InChI=1S/C25H16FN3O3/c26-20-12-19-21(13-18(20)16-9-3-4-10-17(16)23(27)30)28-25(32)29(24(19)31)22-11-5-7-14-6-1-2-8-15(14)22/h1-13H,(H2,27,30)(H,28,32). The van der Waals surface area contributed by atoms with Crippen LogP contribution in [0.15, 0.2) is 88.5 Å². The number of primary amides is 1. The number of hydrogen-bond acceptors (Lipinski definition) is 3. The number of nitrogens with two attached hydrogens (primary N) is 1. The molecule has 0 aliphatic carbocycles. The van der Waals surface area contributed by atoms with E-state index in [1.54, 1.807) is 30.3 Å². The molecule has 0 saturated carbocycles. The summed E-state index contributed by atoms with van der Waals surface area (Å²) in [6.07, 6.45) is 0. The number of hydrogen-bond donors (Lipinski definition) is 2. The Bertz CT molecular complexity index is 1660. The van der Waals surface area contributed by atoms with Crippen LogP contribution in [0.4, 0.5) is 4.39 Å². The Balaban J connectivity index is 1.80. The van der Waals surface area contributed by atoms with E-state index in [9.17, 15) is 14.4 Å². The van der Waals surface area contributed by atoms with Crippen LogP contribution in [0.3, 0.4) is 0 Å².